The molecule has 29 heavy (non-hydrogen) atoms. The number of nitrogens with zero attached hydrogens (tertiary/aromatic N) is 2. The highest BCUT2D eigenvalue weighted by molar-refractivity contribution is 6.17. The second-order valence-electron chi connectivity index (χ2n) is 7.98. The Balaban J connectivity index is 1.65. The fourth-order valence-electron chi connectivity index (χ4n) is 4.64. The van der Waals surface area contributed by atoms with Gasteiger partial charge in [0.1, 0.15) is 17.7 Å². The minimum atomic E-state index is -0.663. The number of ether oxygens (including phenoxy) is 1. The molecule has 148 valence electrons. The van der Waals surface area contributed by atoms with E-state index in [9.17, 15) is 14.0 Å². The van der Waals surface area contributed by atoms with E-state index < -0.39 is 6.04 Å². The van der Waals surface area contributed by atoms with Crippen molar-refractivity contribution in [1.82, 2.24) is 4.98 Å². The van der Waals surface area contributed by atoms with Crippen molar-refractivity contribution < 1.29 is 18.7 Å². The van der Waals surface area contributed by atoms with Crippen molar-refractivity contribution >= 4 is 17.5 Å². The second-order valence-corrected chi connectivity index (χ2v) is 7.98. The van der Waals surface area contributed by atoms with Crippen LogP contribution < -0.4 is 4.90 Å². The number of Topliss-reactive ketones (excluding diaryl/α,β-unsaturated/α-hetero) is 1. The summed E-state index contributed by atoms with van der Waals surface area (Å²) >= 11 is 0. The van der Waals surface area contributed by atoms with E-state index in [-0.39, 0.29) is 35.3 Å². The lowest BCUT2D eigenvalue weighted by molar-refractivity contribution is -0.131. The van der Waals surface area contributed by atoms with Crippen LogP contribution in [-0.4, -0.2) is 22.8 Å². The molecular formula is C23H21FN2O3. The molecule has 0 saturated heterocycles. The highest BCUT2D eigenvalue weighted by atomic mass is 19.1. The van der Waals surface area contributed by atoms with E-state index in [2.05, 4.69) is 4.98 Å². The minimum absolute atomic E-state index is 0.0202. The molecule has 1 amide bonds. The third-order valence-corrected chi connectivity index (χ3v) is 6.09. The van der Waals surface area contributed by atoms with E-state index in [4.69, 9.17) is 4.74 Å². The first-order valence-corrected chi connectivity index (χ1v) is 10.0. The number of hydrogen-bond acceptors (Lipinski definition) is 4. The summed E-state index contributed by atoms with van der Waals surface area (Å²) in [7, 11) is 0. The molecule has 0 radical (unpaired) electrons. The van der Waals surface area contributed by atoms with Crippen molar-refractivity contribution in [3.63, 3.8) is 0 Å². The topological polar surface area (TPSA) is 59.5 Å². The lowest BCUT2D eigenvalue weighted by Crippen LogP contribution is -2.39. The van der Waals surface area contributed by atoms with Gasteiger partial charge in [0.05, 0.1) is 17.5 Å². The van der Waals surface area contributed by atoms with Crippen LogP contribution in [-0.2, 0) is 14.3 Å². The van der Waals surface area contributed by atoms with Gasteiger partial charge in [-0.15, -0.1) is 0 Å². The number of carbonyl (C=O) groups excluding carboxylic acids is 2. The molecule has 2 aliphatic heterocycles. The number of aryl methyl sites for hydroxylation is 1. The minimum Gasteiger partial charge on any atom is -0.483 e. The van der Waals surface area contributed by atoms with Gasteiger partial charge in [-0.2, -0.15) is 0 Å². The molecule has 0 N–H and O–H groups in total. The Morgan fingerprint density at radius 3 is 2.55 bits per heavy atom. The normalized spacial score (nSPS) is 26.3. The number of amides is 1. The van der Waals surface area contributed by atoms with Crippen molar-refractivity contribution in [2.75, 3.05) is 4.90 Å². The summed E-state index contributed by atoms with van der Waals surface area (Å²) in [6, 6.07) is 8.89. The zero-order valence-corrected chi connectivity index (χ0v) is 16.1. The number of aromatic nitrogens is 1. The van der Waals surface area contributed by atoms with Gasteiger partial charge in [-0.3, -0.25) is 14.5 Å². The van der Waals surface area contributed by atoms with Gasteiger partial charge in [0, 0.05) is 6.20 Å². The fraction of sp³-hybridized carbons (Fsp3) is 0.348. The van der Waals surface area contributed by atoms with Gasteiger partial charge in [0.15, 0.2) is 11.5 Å². The molecule has 1 fully saturated rings. The van der Waals surface area contributed by atoms with Crippen LogP contribution >= 0.6 is 0 Å². The lowest BCUT2D eigenvalue weighted by Gasteiger charge is -2.35. The summed E-state index contributed by atoms with van der Waals surface area (Å²) in [5, 5.41) is 0. The number of hydrogen-bond donors (Lipinski definition) is 0. The number of fused-ring (bicyclic) bond motifs is 1. The summed E-state index contributed by atoms with van der Waals surface area (Å²) in [6.45, 7) is 1.92. The molecule has 0 bridgehead atoms. The summed E-state index contributed by atoms with van der Waals surface area (Å²) < 4.78 is 19.7. The van der Waals surface area contributed by atoms with Crippen LogP contribution in [0.1, 0.15) is 42.9 Å². The Morgan fingerprint density at radius 1 is 1.07 bits per heavy atom. The molecule has 3 unspecified atom stereocenters. The van der Waals surface area contributed by atoms with Gasteiger partial charge < -0.3 is 4.74 Å². The molecule has 6 heteroatoms. The molecule has 1 aromatic carbocycles. The van der Waals surface area contributed by atoms with E-state index in [1.54, 1.807) is 24.4 Å². The SMILES string of the molecule is Cc1ccc(N2C(=O)C3=C(C(=O)C4CCCCC4O3)C2c2ccc(F)cc2)nc1. The average Bonchev–Trinajstić information content (AvgIpc) is 3.02. The van der Waals surface area contributed by atoms with E-state index in [1.807, 2.05) is 13.0 Å². The Labute approximate surface area is 168 Å². The van der Waals surface area contributed by atoms with Crippen molar-refractivity contribution in [3.05, 3.63) is 70.9 Å². The first-order valence-electron chi connectivity index (χ1n) is 10.0. The number of anilines is 1. The molecule has 1 saturated carbocycles. The first kappa shape index (κ1) is 18.0. The zero-order chi connectivity index (χ0) is 20.1. The summed E-state index contributed by atoms with van der Waals surface area (Å²) in [5.41, 5.74) is 2.01. The van der Waals surface area contributed by atoms with E-state index >= 15 is 0 Å². The Bertz CT molecular complexity index is 1010. The second kappa shape index (κ2) is 6.79. The van der Waals surface area contributed by atoms with E-state index in [1.165, 1.54) is 17.0 Å². The van der Waals surface area contributed by atoms with Crippen molar-refractivity contribution in [1.29, 1.82) is 0 Å². The Morgan fingerprint density at radius 2 is 1.83 bits per heavy atom. The van der Waals surface area contributed by atoms with Crippen LogP contribution in [0.15, 0.2) is 53.9 Å². The lowest BCUT2D eigenvalue weighted by atomic mass is 9.77. The van der Waals surface area contributed by atoms with Crippen molar-refractivity contribution in [2.24, 2.45) is 5.92 Å². The number of ketones is 1. The van der Waals surface area contributed by atoms with Gasteiger partial charge >= 0.3 is 0 Å². The molecule has 3 atom stereocenters. The van der Waals surface area contributed by atoms with Gasteiger partial charge in [-0.25, -0.2) is 9.37 Å². The van der Waals surface area contributed by atoms with Crippen molar-refractivity contribution in [3.8, 4) is 0 Å². The largest absolute Gasteiger partial charge is 0.483 e. The van der Waals surface area contributed by atoms with Crippen molar-refractivity contribution in [2.45, 2.75) is 44.8 Å². The predicted octanol–water partition coefficient (Wildman–Crippen LogP) is 4.03. The van der Waals surface area contributed by atoms with Gasteiger partial charge in [0.2, 0.25) is 0 Å². The zero-order valence-electron chi connectivity index (χ0n) is 16.1. The monoisotopic (exact) mass is 392 g/mol. The van der Waals surface area contributed by atoms with Gasteiger partial charge in [-0.05, 0) is 55.5 Å². The third kappa shape index (κ3) is 2.85. The maximum atomic E-state index is 13.5. The molecule has 1 aliphatic carbocycles. The van der Waals surface area contributed by atoms with Gasteiger partial charge in [0.25, 0.3) is 5.91 Å². The molecule has 3 aliphatic rings. The van der Waals surface area contributed by atoms with Gasteiger partial charge in [-0.1, -0.05) is 24.6 Å². The van der Waals surface area contributed by atoms with Crippen LogP contribution in [0.3, 0.4) is 0 Å². The maximum Gasteiger partial charge on any atom is 0.295 e. The van der Waals surface area contributed by atoms with Crippen LogP contribution in [0.5, 0.6) is 0 Å². The van der Waals surface area contributed by atoms with Crippen LogP contribution in [0.25, 0.3) is 0 Å². The number of pyridine rings is 1. The molecule has 5 nitrogen and oxygen atoms in total. The number of carbonyl (C=O) groups is 2. The average molecular weight is 392 g/mol. The molecule has 2 aromatic rings. The van der Waals surface area contributed by atoms with Crippen LogP contribution in [0.2, 0.25) is 0 Å². The summed E-state index contributed by atoms with van der Waals surface area (Å²) in [6.07, 6.45) is 4.98. The molecule has 1 aromatic heterocycles. The van der Waals surface area contributed by atoms with E-state index in [0.29, 0.717) is 17.0 Å². The first-order chi connectivity index (χ1) is 14.0. The molecule has 5 rings (SSSR count). The van der Waals surface area contributed by atoms with Crippen LogP contribution in [0.4, 0.5) is 10.2 Å². The predicted molar refractivity (Wildman–Crippen MR) is 104 cm³/mol. The highest BCUT2D eigenvalue weighted by Gasteiger charge is 2.52. The standard InChI is InChI=1S/C23H21FN2O3/c1-13-6-11-18(25-12-13)26-20(14-7-9-15(24)10-8-14)19-21(27)16-4-2-3-5-17(16)29-22(19)23(26)28/h6-12,16-17,20H,2-5H2,1H3. The van der Waals surface area contributed by atoms with E-state index in [0.717, 1.165) is 31.2 Å². The Hall–Kier alpha value is -3.02. The third-order valence-electron chi connectivity index (χ3n) is 6.09. The number of halogens is 1. The Kier molecular flexibility index (Phi) is 4.23. The molecule has 3 heterocycles. The van der Waals surface area contributed by atoms with Crippen LogP contribution in [0, 0.1) is 18.7 Å². The number of rotatable bonds is 2. The maximum absolute atomic E-state index is 13.5. The smallest absolute Gasteiger partial charge is 0.295 e. The quantitative estimate of drug-likeness (QED) is 0.774. The molecular weight excluding hydrogens is 371 g/mol. The molecule has 0 spiro atoms. The fourth-order valence-corrected chi connectivity index (χ4v) is 4.64. The number of benzene rings is 1. The summed E-state index contributed by atoms with van der Waals surface area (Å²) in [4.78, 5) is 32.8. The highest BCUT2D eigenvalue weighted by Crippen LogP contribution is 2.47. The summed E-state index contributed by atoms with van der Waals surface area (Å²) in [5.74, 6) is -0.384.